The summed E-state index contributed by atoms with van der Waals surface area (Å²) in [5.41, 5.74) is 0.816. The highest BCUT2D eigenvalue weighted by atomic mass is 16.3. The van der Waals surface area contributed by atoms with Gasteiger partial charge in [0.05, 0.1) is 11.3 Å². The highest BCUT2D eigenvalue weighted by Crippen LogP contribution is 2.24. The lowest BCUT2D eigenvalue weighted by Gasteiger charge is -2.30. The zero-order valence-electron chi connectivity index (χ0n) is 14.9. The van der Waals surface area contributed by atoms with Crippen LogP contribution in [0.25, 0.3) is 5.69 Å². The molecular formula is C19H26N4O2. The van der Waals surface area contributed by atoms with Crippen molar-refractivity contribution >= 4 is 5.91 Å². The van der Waals surface area contributed by atoms with Crippen LogP contribution in [-0.2, 0) is 0 Å². The first-order valence-electron chi connectivity index (χ1n) is 8.73. The quantitative estimate of drug-likeness (QED) is 0.920. The minimum absolute atomic E-state index is 0.0168. The minimum Gasteiger partial charge on any atom is -0.388 e. The number of benzene rings is 1. The van der Waals surface area contributed by atoms with Crippen LogP contribution in [0.2, 0.25) is 0 Å². The van der Waals surface area contributed by atoms with Crippen LogP contribution in [0.15, 0.2) is 42.7 Å². The fourth-order valence-electron chi connectivity index (χ4n) is 3.51. The molecule has 6 nitrogen and oxygen atoms in total. The Kier molecular flexibility index (Phi) is 5.20. The molecule has 3 rings (SSSR count). The maximum atomic E-state index is 12.9. The van der Waals surface area contributed by atoms with Gasteiger partial charge in [0.2, 0.25) is 0 Å². The van der Waals surface area contributed by atoms with Gasteiger partial charge in [-0.25, -0.2) is 4.68 Å². The van der Waals surface area contributed by atoms with Gasteiger partial charge in [-0.15, -0.1) is 0 Å². The third kappa shape index (κ3) is 4.27. The molecule has 0 spiro atoms. The Hall–Kier alpha value is -2.18. The van der Waals surface area contributed by atoms with Crippen LogP contribution in [-0.4, -0.2) is 69.9 Å². The number of hydrogen-bond acceptors (Lipinski definition) is 4. The molecule has 0 aliphatic carbocycles. The van der Waals surface area contributed by atoms with E-state index in [-0.39, 0.29) is 5.91 Å². The number of amides is 1. The highest BCUT2D eigenvalue weighted by Gasteiger charge is 2.32. The van der Waals surface area contributed by atoms with Crippen molar-refractivity contribution in [3.8, 4) is 5.69 Å². The molecule has 1 fully saturated rings. The maximum Gasteiger partial charge on any atom is 0.253 e. The molecule has 134 valence electrons. The van der Waals surface area contributed by atoms with Crippen molar-refractivity contribution < 1.29 is 9.90 Å². The normalized spacial score (nSPS) is 21.4. The lowest BCUT2D eigenvalue weighted by molar-refractivity contribution is 0.00305. The maximum absolute atomic E-state index is 12.9. The summed E-state index contributed by atoms with van der Waals surface area (Å²) in [5.74, 6) is 0.0168. The van der Waals surface area contributed by atoms with Crippen molar-refractivity contribution in [1.29, 1.82) is 0 Å². The molecule has 0 bridgehead atoms. The zero-order chi connectivity index (χ0) is 17.9. The van der Waals surface area contributed by atoms with Crippen molar-refractivity contribution in [2.24, 2.45) is 0 Å². The molecule has 25 heavy (non-hydrogen) atoms. The van der Waals surface area contributed by atoms with Gasteiger partial charge in [0.1, 0.15) is 0 Å². The van der Waals surface area contributed by atoms with Crippen LogP contribution in [0, 0.1) is 0 Å². The van der Waals surface area contributed by atoms with Crippen LogP contribution in [0.3, 0.4) is 0 Å². The zero-order valence-corrected chi connectivity index (χ0v) is 14.9. The van der Waals surface area contributed by atoms with Crippen molar-refractivity contribution in [2.75, 3.05) is 33.7 Å². The Balaban J connectivity index is 1.72. The second-order valence-corrected chi connectivity index (χ2v) is 7.11. The molecular weight excluding hydrogens is 316 g/mol. The topological polar surface area (TPSA) is 61.6 Å². The van der Waals surface area contributed by atoms with Gasteiger partial charge < -0.3 is 14.9 Å². The molecule has 0 unspecified atom stereocenters. The molecule has 2 heterocycles. The van der Waals surface area contributed by atoms with Crippen molar-refractivity contribution in [3.63, 3.8) is 0 Å². The largest absolute Gasteiger partial charge is 0.388 e. The number of likely N-dealkylation sites (tertiary alicyclic amines) is 1. The Morgan fingerprint density at radius 2 is 2.12 bits per heavy atom. The van der Waals surface area contributed by atoms with E-state index in [1.807, 2.05) is 60.4 Å². The van der Waals surface area contributed by atoms with Gasteiger partial charge in [0, 0.05) is 37.6 Å². The van der Waals surface area contributed by atoms with E-state index in [0.29, 0.717) is 31.6 Å². The van der Waals surface area contributed by atoms with E-state index in [4.69, 9.17) is 0 Å². The molecule has 1 atom stereocenters. The number of aliphatic hydroxyl groups is 1. The second-order valence-electron chi connectivity index (χ2n) is 7.11. The molecule has 1 N–H and O–H groups in total. The van der Waals surface area contributed by atoms with Crippen molar-refractivity contribution in [1.82, 2.24) is 19.6 Å². The van der Waals surface area contributed by atoms with E-state index in [2.05, 4.69) is 5.10 Å². The van der Waals surface area contributed by atoms with Crippen LogP contribution in [0.5, 0.6) is 0 Å². The van der Waals surface area contributed by atoms with Gasteiger partial charge in [-0.2, -0.15) is 5.10 Å². The van der Waals surface area contributed by atoms with E-state index >= 15 is 0 Å². The van der Waals surface area contributed by atoms with Gasteiger partial charge >= 0.3 is 0 Å². The Labute approximate surface area is 148 Å². The molecule has 0 radical (unpaired) electrons. The first-order chi connectivity index (χ1) is 12.0. The Bertz CT molecular complexity index is 714. The highest BCUT2D eigenvalue weighted by molar-refractivity contribution is 5.94. The van der Waals surface area contributed by atoms with Gasteiger partial charge in [0.15, 0.2) is 0 Å². The van der Waals surface area contributed by atoms with Crippen LogP contribution < -0.4 is 0 Å². The monoisotopic (exact) mass is 342 g/mol. The molecule has 0 saturated carbocycles. The number of rotatable bonds is 4. The minimum atomic E-state index is -0.713. The first kappa shape index (κ1) is 17.6. The second kappa shape index (κ2) is 7.37. The van der Waals surface area contributed by atoms with Crippen molar-refractivity contribution in [2.45, 2.75) is 24.9 Å². The third-order valence-corrected chi connectivity index (χ3v) is 4.68. The smallest absolute Gasteiger partial charge is 0.253 e. The summed E-state index contributed by atoms with van der Waals surface area (Å²) in [6, 6.07) is 9.37. The fraction of sp³-hybridized carbons (Fsp3) is 0.474. The lowest BCUT2D eigenvalue weighted by Crippen LogP contribution is -2.41. The number of carbonyl (C=O) groups excluding carboxylic acids is 1. The average molecular weight is 342 g/mol. The van der Waals surface area contributed by atoms with E-state index in [1.54, 1.807) is 10.9 Å². The standard InChI is InChI=1S/C19H26N4O2/c1-21(2)15-19(25)8-4-11-22(13-9-19)18(24)16-6-3-7-17(14-16)23-12-5-10-20-23/h3,5-7,10,12,14,25H,4,8-9,11,13,15H2,1-2H3/t19-/m1/s1. The van der Waals surface area contributed by atoms with E-state index in [9.17, 15) is 9.90 Å². The molecule has 1 aromatic carbocycles. The summed E-state index contributed by atoms with van der Waals surface area (Å²) in [6.45, 7) is 1.89. The number of hydrogen-bond donors (Lipinski definition) is 1. The lowest BCUT2D eigenvalue weighted by atomic mass is 9.94. The predicted octanol–water partition coefficient (Wildman–Crippen LogP) is 1.79. The van der Waals surface area contributed by atoms with E-state index in [1.165, 1.54) is 0 Å². The fourth-order valence-corrected chi connectivity index (χ4v) is 3.51. The first-order valence-corrected chi connectivity index (χ1v) is 8.73. The average Bonchev–Trinajstić information content (AvgIpc) is 3.05. The van der Waals surface area contributed by atoms with Gasteiger partial charge in [-0.05, 0) is 57.6 Å². The van der Waals surface area contributed by atoms with Gasteiger partial charge in [0.25, 0.3) is 5.91 Å². The molecule has 2 aromatic rings. The molecule has 6 heteroatoms. The van der Waals surface area contributed by atoms with Crippen LogP contribution in [0.4, 0.5) is 0 Å². The van der Waals surface area contributed by atoms with Crippen LogP contribution >= 0.6 is 0 Å². The van der Waals surface area contributed by atoms with E-state index in [0.717, 1.165) is 18.5 Å². The molecule has 1 saturated heterocycles. The van der Waals surface area contributed by atoms with E-state index < -0.39 is 5.60 Å². The predicted molar refractivity (Wildman–Crippen MR) is 96.8 cm³/mol. The van der Waals surface area contributed by atoms with Crippen LogP contribution in [0.1, 0.15) is 29.6 Å². The van der Waals surface area contributed by atoms with Gasteiger partial charge in [-0.3, -0.25) is 4.79 Å². The SMILES string of the molecule is CN(C)C[C@@]1(O)CCCN(C(=O)c2cccc(-n3cccn3)c2)CC1. The number of likely N-dealkylation sites (N-methyl/N-ethyl adjacent to an activating group) is 1. The Morgan fingerprint density at radius 1 is 1.28 bits per heavy atom. The molecule has 1 aliphatic rings. The third-order valence-electron chi connectivity index (χ3n) is 4.68. The molecule has 1 amide bonds. The summed E-state index contributed by atoms with van der Waals surface area (Å²) in [7, 11) is 3.93. The number of carbonyl (C=O) groups is 1. The summed E-state index contributed by atoms with van der Waals surface area (Å²) in [4.78, 5) is 16.8. The summed E-state index contributed by atoms with van der Waals surface area (Å²) in [5, 5.41) is 15.0. The van der Waals surface area contributed by atoms with Crippen molar-refractivity contribution in [3.05, 3.63) is 48.3 Å². The van der Waals surface area contributed by atoms with Gasteiger partial charge in [-0.1, -0.05) is 6.07 Å². The summed E-state index contributed by atoms with van der Waals surface area (Å²) < 4.78 is 1.75. The Morgan fingerprint density at radius 3 is 2.84 bits per heavy atom. The number of nitrogens with zero attached hydrogens (tertiary/aromatic N) is 4. The molecule has 1 aromatic heterocycles. The number of aromatic nitrogens is 2. The molecule has 1 aliphatic heterocycles. The summed E-state index contributed by atoms with van der Waals surface area (Å²) >= 11 is 0. The summed E-state index contributed by atoms with van der Waals surface area (Å²) in [6.07, 6.45) is 5.72.